The average molecular weight is 185 g/mol. The molecule has 0 aromatic carbocycles. The summed E-state index contributed by atoms with van der Waals surface area (Å²) in [4.78, 5) is 5.02. The summed E-state index contributed by atoms with van der Waals surface area (Å²) in [6, 6.07) is 0.517. The highest BCUT2D eigenvalue weighted by atomic mass is 16.6. The van der Waals surface area contributed by atoms with Crippen molar-refractivity contribution >= 4 is 0 Å². The third-order valence-corrected chi connectivity index (χ3v) is 2.84. The minimum atomic E-state index is 0.442. The SMILES string of the molecule is CONC1CC(C)(C)CC(C)(C)C1. The summed E-state index contributed by atoms with van der Waals surface area (Å²) < 4.78 is 0. The van der Waals surface area contributed by atoms with Crippen molar-refractivity contribution in [2.45, 2.75) is 53.0 Å². The van der Waals surface area contributed by atoms with E-state index >= 15 is 0 Å². The molecule has 1 saturated carbocycles. The Bertz CT molecular complexity index is 159. The van der Waals surface area contributed by atoms with Gasteiger partial charge in [0, 0.05) is 6.04 Å². The van der Waals surface area contributed by atoms with E-state index in [4.69, 9.17) is 4.84 Å². The first-order valence-electron chi connectivity index (χ1n) is 5.13. The molecular formula is C11H23NO. The van der Waals surface area contributed by atoms with E-state index in [1.165, 1.54) is 19.3 Å². The summed E-state index contributed by atoms with van der Waals surface area (Å²) in [6.45, 7) is 9.38. The van der Waals surface area contributed by atoms with Crippen molar-refractivity contribution in [3.8, 4) is 0 Å². The molecule has 0 saturated heterocycles. The normalized spacial score (nSPS) is 27.5. The lowest BCUT2D eigenvalue weighted by Gasteiger charge is -2.44. The van der Waals surface area contributed by atoms with Crippen LogP contribution in [-0.2, 0) is 4.84 Å². The molecule has 13 heavy (non-hydrogen) atoms. The van der Waals surface area contributed by atoms with E-state index in [0.29, 0.717) is 16.9 Å². The van der Waals surface area contributed by atoms with Crippen molar-refractivity contribution in [1.82, 2.24) is 5.48 Å². The van der Waals surface area contributed by atoms with Crippen LogP contribution in [0.4, 0.5) is 0 Å². The third-order valence-electron chi connectivity index (χ3n) is 2.84. The maximum atomic E-state index is 5.02. The van der Waals surface area contributed by atoms with Gasteiger partial charge in [0.15, 0.2) is 0 Å². The Morgan fingerprint density at radius 3 is 1.92 bits per heavy atom. The van der Waals surface area contributed by atoms with E-state index in [2.05, 4.69) is 33.2 Å². The fourth-order valence-corrected chi connectivity index (χ4v) is 3.10. The second kappa shape index (κ2) is 3.58. The Labute approximate surface area is 82.0 Å². The van der Waals surface area contributed by atoms with Crippen molar-refractivity contribution in [2.24, 2.45) is 10.8 Å². The fourth-order valence-electron chi connectivity index (χ4n) is 3.10. The first-order valence-corrected chi connectivity index (χ1v) is 5.13. The molecule has 1 aliphatic carbocycles. The largest absolute Gasteiger partial charge is 0.305 e. The lowest BCUT2D eigenvalue weighted by Crippen LogP contribution is -2.43. The highest BCUT2D eigenvalue weighted by Crippen LogP contribution is 2.45. The molecule has 2 heteroatoms. The van der Waals surface area contributed by atoms with E-state index in [-0.39, 0.29) is 0 Å². The van der Waals surface area contributed by atoms with Crippen molar-refractivity contribution < 1.29 is 4.84 Å². The van der Waals surface area contributed by atoms with Gasteiger partial charge in [-0.2, -0.15) is 5.48 Å². The van der Waals surface area contributed by atoms with Gasteiger partial charge >= 0.3 is 0 Å². The molecule has 1 fully saturated rings. The summed E-state index contributed by atoms with van der Waals surface area (Å²) in [5.74, 6) is 0. The molecule has 0 aliphatic heterocycles. The molecule has 1 rings (SSSR count). The van der Waals surface area contributed by atoms with Crippen LogP contribution in [0.1, 0.15) is 47.0 Å². The van der Waals surface area contributed by atoms with Crippen LogP contribution in [0.5, 0.6) is 0 Å². The van der Waals surface area contributed by atoms with Gasteiger partial charge in [-0.3, -0.25) is 0 Å². The van der Waals surface area contributed by atoms with Crippen LogP contribution in [0, 0.1) is 10.8 Å². The molecule has 0 radical (unpaired) electrons. The van der Waals surface area contributed by atoms with E-state index < -0.39 is 0 Å². The zero-order chi connectivity index (χ0) is 10.1. The lowest BCUT2D eigenvalue weighted by molar-refractivity contribution is -0.00613. The first-order chi connectivity index (χ1) is 5.85. The quantitative estimate of drug-likeness (QED) is 0.668. The second-order valence-electron chi connectivity index (χ2n) is 5.93. The zero-order valence-corrected chi connectivity index (χ0v) is 9.61. The van der Waals surface area contributed by atoms with Gasteiger partial charge in [0.2, 0.25) is 0 Å². The molecule has 0 spiro atoms. The maximum Gasteiger partial charge on any atom is 0.0572 e. The zero-order valence-electron chi connectivity index (χ0n) is 9.61. The number of hydrogen-bond donors (Lipinski definition) is 1. The molecule has 1 N–H and O–H groups in total. The molecule has 0 bridgehead atoms. The predicted octanol–water partition coefficient (Wildman–Crippen LogP) is 2.74. The number of hydroxylamine groups is 1. The van der Waals surface area contributed by atoms with Crippen molar-refractivity contribution in [3.63, 3.8) is 0 Å². The lowest BCUT2D eigenvalue weighted by atomic mass is 9.64. The molecule has 78 valence electrons. The Morgan fingerprint density at radius 1 is 1.08 bits per heavy atom. The van der Waals surface area contributed by atoms with Gasteiger partial charge in [-0.15, -0.1) is 0 Å². The summed E-state index contributed by atoms with van der Waals surface area (Å²) >= 11 is 0. The molecular weight excluding hydrogens is 162 g/mol. The van der Waals surface area contributed by atoms with Crippen molar-refractivity contribution in [1.29, 1.82) is 0 Å². The molecule has 0 unspecified atom stereocenters. The minimum Gasteiger partial charge on any atom is -0.305 e. The van der Waals surface area contributed by atoms with Crippen LogP contribution in [0.3, 0.4) is 0 Å². The van der Waals surface area contributed by atoms with Crippen LogP contribution < -0.4 is 5.48 Å². The van der Waals surface area contributed by atoms with Gasteiger partial charge in [-0.1, -0.05) is 27.7 Å². The van der Waals surface area contributed by atoms with Crippen molar-refractivity contribution in [3.05, 3.63) is 0 Å². The Balaban J connectivity index is 2.61. The third kappa shape index (κ3) is 3.28. The summed E-state index contributed by atoms with van der Waals surface area (Å²) in [5, 5.41) is 0. The maximum absolute atomic E-state index is 5.02. The number of hydrogen-bond acceptors (Lipinski definition) is 2. The van der Waals surface area contributed by atoms with Crippen LogP contribution in [0.15, 0.2) is 0 Å². The predicted molar refractivity (Wildman–Crippen MR) is 55.3 cm³/mol. The minimum absolute atomic E-state index is 0.442. The van der Waals surface area contributed by atoms with Crippen LogP contribution >= 0.6 is 0 Å². The van der Waals surface area contributed by atoms with Gasteiger partial charge in [-0.25, -0.2) is 0 Å². The van der Waals surface area contributed by atoms with Gasteiger partial charge in [0.05, 0.1) is 7.11 Å². The standard InChI is InChI=1S/C11H23NO/c1-10(2)6-9(12-13-5)7-11(3,4)8-10/h9,12H,6-8H2,1-5H3. The Morgan fingerprint density at radius 2 is 1.54 bits per heavy atom. The Kier molecular flexibility index (Phi) is 3.03. The molecule has 1 aliphatic rings. The molecule has 2 nitrogen and oxygen atoms in total. The molecule has 0 amide bonds. The number of rotatable bonds is 2. The summed E-state index contributed by atoms with van der Waals surface area (Å²) in [7, 11) is 1.70. The van der Waals surface area contributed by atoms with Crippen LogP contribution in [-0.4, -0.2) is 13.2 Å². The van der Waals surface area contributed by atoms with Gasteiger partial charge < -0.3 is 4.84 Å². The van der Waals surface area contributed by atoms with Crippen LogP contribution in [0.2, 0.25) is 0 Å². The monoisotopic (exact) mass is 185 g/mol. The summed E-state index contributed by atoms with van der Waals surface area (Å²) in [6.07, 6.45) is 3.73. The molecule has 0 atom stereocenters. The number of nitrogens with one attached hydrogen (secondary N) is 1. The first kappa shape index (κ1) is 11.0. The van der Waals surface area contributed by atoms with Gasteiger partial charge in [0.1, 0.15) is 0 Å². The van der Waals surface area contributed by atoms with E-state index in [0.717, 1.165) is 0 Å². The fraction of sp³-hybridized carbons (Fsp3) is 1.00. The van der Waals surface area contributed by atoms with Crippen LogP contribution in [0.25, 0.3) is 0 Å². The highest BCUT2D eigenvalue weighted by Gasteiger charge is 2.38. The van der Waals surface area contributed by atoms with E-state index in [1.807, 2.05) is 0 Å². The summed E-state index contributed by atoms with van der Waals surface area (Å²) in [5.41, 5.74) is 3.98. The molecule has 0 heterocycles. The van der Waals surface area contributed by atoms with Gasteiger partial charge in [-0.05, 0) is 30.1 Å². The van der Waals surface area contributed by atoms with Gasteiger partial charge in [0.25, 0.3) is 0 Å². The average Bonchev–Trinajstić information content (AvgIpc) is 1.78. The van der Waals surface area contributed by atoms with E-state index in [9.17, 15) is 0 Å². The molecule has 0 aromatic rings. The second-order valence-corrected chi connectivity index (χ2v) is 5.93. The topological polar surface area (TPSA) is 21.3 Å². The Hall–Kier alpha value is -0.0800. The van der Waals surface area contributed by atoms with E-state index in [1.54, 1.807) is 7.11 Å². The smallest absolute Gasteiger partial charge is 0.0572 e. The molecule has 0 aromatic heterocycles. The van der Waals surface area contributed by atoms with Crippen molar-refractivity contribution in [2.75, 3.05) is 7.11 Å². The highest BCUT2D eigenvalue weighted by molar-refractivity contribution is 4.91.